The van der Waals surface area contributed by atoms with Gasteiger partial charge >= 0.3 is 0 Å². The van der Waals surface area contributed by atoms with Gasteiger partial charge in [0.2, 0.25) is 0 Å². The molecule has 4 nitrogen and oxygen atoms in total. The molecular formula is C12H15N3O. The maximum Gasteiger partial charge on any atom is 0.157 e. The van der Waals surface area contributed by atoms with Crippen LogP contribution in [0.3, 0.4) is 0 Å². The summed E-state index contributed by atoms with van der Waals surface area (Å²) in [6.45, 7) is 0.818. The highest BCUT2D eigenvalue weighted by Gasteiger charge is 2.05. The number of para-hydroxylation sites is 1. The molecule has 0 aliphatic rings. The summed E-state index contributed by atoms with van der Waals surface area (Å²) >= 11 is 0. The van der Waals surface area contributed by atoms with E-state index in [1.807, 2.05) is 36.1 Å². The second kappa shape index (κ2) is 4.81. The monoisotopic (exact) mass is 217 g/mol. The fraction of sp³-hybridized carbons (Fsp3) is 0.250. The van der Waals surface area contributed by atoms with Gasteiger partial charge in [-0.1, -0.05) is 18.2 Å². The first-order chi connectivity index (χ1) is 7.85. The van der Waals surface area contributed by atoms with Crippen LogP contribution in [-0.4, -0.2) is 23.9 Å². The van der Waals surface area contributed by atoms with Crippen molar-refractivity contribution in [1.82, 2.24) is 15.1 Å². The molecule has 0 bridgehead atoms. The van der Waals surface area contributed by atoms with Crippen molar-refractivity contribution in [2.45, 2.75) is 6.54 Å². The number of rotatable bonds is 4. The Morgan fingerprint density at radius 2 is 2.19 bits per heavy atom. The Morgan fingerprint density at radius 3 is 2.88 bits per heavy atom. The maximum absolute atomic E-state index is 5.12. The molecule has 0 aliphatic carbocycles. The van der Waals surface area contributed by atoms with Gasteiger partial charge in [0.05, 0.1) is 25.2 Å². The lowest BCUT2D eigenvalue weighted by Gasteiger charge is -2.08. The number of aromatic nitrogens is 2. The smallest absolute Gasteiger partial charge is 0.157 e. The third-order valence-corrected chi connectivity index (χ3v) is 2.40. The van der Waals surface area contributed by atoms with Gasteiger partial charge in [-0.05, 0) is 18.7 Å². The fourth-order valence-corrected chi connectivity index (χ4v) is 1.62. The molecule has 1 heterocycles. The average Bonchev–Trinajstić information content (AvgIpc) is 2.79. The zero-order chi connectivity index (χ0) is 11.4. The van der Waals surface area contributed by atoms with Gasteiger partial charge in [-0.2, -0.15) is 5.10 Å². The molecule has 1 aromatic carbocycles. The Balaban J connectivity index is 2.38. The van der Waals surface area contributed by atoms with Gasteiger partial charge in [-0.25, -0.2) is 4.68 Å². The summed E-state index contributed by atoms with van der Waals surface area (Å²) in [5.41, 5.74) is 2.27. The van der Waals surface area contributed by atoms with Crippen LogP contribution in [0.2, 0.25) is 0 Å². The van der Waals surface area contributed by atoms with Crippen molar-refractivity contribution in [2.24, 2.45) is 0 Å². The first-order valence-electron chi connectivity index (χ1n) is 5.16. The van der Waals surface area contributed by atoms with E-state index >= 15 is 0 Å². The molecule has 0 aliphatic heterocycles. The van der Waals surface area contributed by atoms with Crippen LogP contribution in [0.4, 0.5) is 0 Å². The van der Waals surface area contributed by atoms with Crippen LogP contribution in [0.5, 0.6) is 5.75 Å². The summed E-state index contributed by atoms with van der Waals surface area (Å²) in [7, 11) is 3.57. The van der Waals surface area contributed by atoms with E-state index in [2.05, 4.69) is 16.5 Å². The zero-order valence-electron chi connectivity index (χ0n) is 9.47. The van der Waals surface area contributed by atoms with E-state index in [9.17, 15) is 0 Å². The molecule has 16 heavy (non-hydrogen) atoms. The van der Waals surface area contributed by atoms with Crippen molar-refractivity contribution in [1.29, 1.82) is 0 Å². The zero-order valence-corrected chi connectivity index (χ0v) is 9.47. The summed E-state index contributed by atoms with van der Waals surface area (Å²) in [5.74, 6) is 0.763. The van der Waals surface area contributed by atoms with Crippen molar-refractivity contribution in [2.75, 3.05) is 14.2 Å². The van der Waals surface area contributed by atoms with Crippen LogP contribution in [0, 0.1) is 0 Å². The Hall–Kier alpha value is -1.81. The lowest BCUT2D eigenvalue weighted by Crippen LogP contribution is -2.09. The maximum atomic E-state index is 5.12. The first-order valence-corrected chi connectivity index (χ1v) is 5.16. The van der Waals surface area contributed by atoms with E-state index < -0.39 is 0 Å². The molecule has 0 spiro atoms. The lowest BCUT2D eigenvalue weighted by molar-refractivity contribution is 0.414. The quantitative estimate of drug-likeness (QED) is 0.845. The van der Waals surface area contributed by atoms with Crippen LogP contribution >= 0.6 is 0 Å². The molecule has 1 aromatic heterocycles. The highest BCUT2D eigenvalue weighted by molar-refractivity contribution is 5.41. The van der Waals surface area contributed by atoms with E-state index in [-0.39, 0.29) is 0 Å². The summed E-state index contributed by atoms with van der Waals surface area (Å²) < 4.78 is 6.94. The second-order valence-electron chi connectivity index (χ2n) is 3.48. The van der Waals surface area contributed by atoms with Gasteiger partial charge in [0.25, 0.3) is 0 Å². The van der Waals surface area contributed by atoms with Gasteiger partial charge in [0, 0.05) is 6.54 Å². The molecule has 0 amide bonds. The van der Waals surface area contributed by atoms with Crippen molar-refractivity contribution in [3.63, 3.8) is 0 Å². The predicted molar refractivity (Wildman–Crippen MR) is 62.9 cm³/mol. The SMILES string of the molecule is CNCc1ccccc1-n1cc(OC)cn1. The van der Waals surface area contributed by atoms with Crippen LogP contribution in [0.25, 0.3) is 5.69 Å². The average molecular weight is 217 g/mol. The molecule has 0 radical (unpaired) electrons. The summed E-state index contributed by atoms with van der Waals surface area (Å²) in [4.78, 5) is 0. The van der Waals surface area contributed by atoms with Crippen molar-refractivity contribution < 1.29 is 4.74 Å². The van der Waals surface area contributed by atoms with E-state index in [4.69, 9.17) is 4.74 Å². The van der Waals surface area contributed by atoms with Crippen molar-refractivity contribution >= 4 is 0 Å². The van der Waals surface area contributed by atoms with Gasteiger partial charge in [-0.3, -0.25) is 0 Å². The van der Waals surface area contributed by atoms with E-state index in [1.54, 1.807) is 13.3 Å². The van der Waals surface area contributed by atoms with Crippen LogP contribution in [0.15, 0.2) is 36.7 Å². The molecule has 0 fully saturated rings. The standard InChI is InChI=1S/C12H15N3O/c1-13-7-10-5-3-4-6-12(10)15-9-11(16-2)8-14-15/h3-6,8-9,13H,7H2,1-2H3. The minimum atomic E-state index is 0.763. The molecule has 0 saturated heterocycles. The molecule has 0 unspecified atom stereocenters. The second-order valence-corrected chi connectivity index (χ2v) is 3.48. The Bertz CT molecular complexity index is 465. The number of methoxy groups -OCH3 is 1. The van der Waals surface area contributed by atoms with E-state index in [0.717, 1.165) is 18.0 Å². The summed E-state index contributed by atoms with van der Waals surface area (Å²) in [6.07, 6.45) is 3.57. The highest BCUT2D eigenvalue weighted by Crippen LogP contribution is 2.16. The third-order valence-electron chi connectivity index (χ3n) is 2.40. The Kier molecular flexibility index (Phi) is 3.22. The lowest BCUT2D eigenvalue weighted by atomic mass is 10.2. The third kappa shape index (κ3) is 2.06. The molecule has 0 atom stereocenters. The van der Waals surface area contributed by atoms with Crippen LogP contribution in [-0.2, 0) is 6.54 Å². The topological polar surface area (TPSA) is 39.1 Å². The highest BCUT2D eigenvalue weighted by atomic mass is 16.5. The molecule has 2 rings (SSSR count). The number of nitrogens with one attached hydrogen (secondary N) is 1. The van der Waals surface area contributed by atoms with Gasteiger partial charge in [0.15, 0.2) is 5.75 Å². The largest absolute Gasteiger partial charge is 0.493 e. The molecule has 84 valence electrons. The van der Waals surface area contributed by atoms with Crippen LogP contribution in [0.1, 0.15) is 5.56 Å². The van der Waals surface area contributed by atoms with Crippen molar-refractivity contribution in [3.8, 4) is 11.4 Å². The normalized spacial score (nSPS) is 10.4. The van der Waals surface area contributed by atoms with Crippen molar-refractivity contribution in [3.05, 3.63) is 42.2 Å². The van der Waals surface area contributed by atoms with Gasteiger partial charge < -0.3 is 10.1 Å². The summed E-state index contributed by atoms with van der Waals surface area (Å²) in [5, 5.41) is 7.41. The number of benzene rings is 1. The molecule has 1 N–H and O–H groups in total. The summed E-state index contributed by atoms with van der Waals surface area (Å²) in [6, 6.07) is 8.15. The van der Waals surface area contributed by atoms with Crippen LogP contribution < -0.4 is 10.1 Å². The fourth-order valence-electron chi connectivity index (χ4n) is 1.62. The molecular weight excluding hydrogens is 202 g/mol. The van der Waals surface area contributed by atoms with Gasteiger partial charge in [-0.15, -0.1) is 0 Å². The Labute approximate surface area is 94.9 Å². The molecule has 2 aromatic rings. The van der Waals surface area contributed by atoms with Gasteiger partial charge in [0.1, 0.15) is 0 Å². The van der Waals surface area contributed by atoms with E-state index in [1.165, 1.54) is 5.56 Å². The Morgan fingerprint density at radius 1 is 1.38 bits per heavy atom. The number of ether oxygens (including phenoxy) is 1. The molecule has 4 heteroatoms. The van der Waals surface area contributed by atoms with E-state index in [0.29, 0.717) is 0 Å². The molecule has 0 saturated carbocycles. The number of nitrogens with zero attached hydrogens (tertiary/aromatic N) is 2. The minimum Gasteiger partial charge on any atom is -0.493 e. The number of hydrogen-bond acceptors (Lipinski definition) is 3. The number of hydrogen-bond donors (Lipinski definition) is 1. The first kappa shape index (κ1) is 10.7. The minimum absolute atomic E-state index is 0.763. The predicted octanol–water partition coefficient (Wildman–Crippen LogP) is 1.60.